The van der Waals surface area contributed by atoms with Crippen LogP contribution in [-0.2, 0) is 4.79 Å². The monoisotopic (exact) mass is 252 g/mol. The minimum Gasteiger partial charge on any atom is -0.481 e. The third kappa shape index (κ3) is 2.22. The molecule has 2 N–H and O–H groups in total. The zero-order valence-electron chi connectivity index (χ0n) is 9.50. The average molecular weight is 252 g/mol. The SMILES string of the molecule is O=C(O)C1(CNc2ncc([N+](=O)[O-])cn2)CCC1. The Labute approximate surface area is 102 Å². The number of nitrogens with zero attached hydrogens (tertiary/aromatic N) is 3. The molecule has 0 unspecified atom stereocenters. The molecule has 1 fully saturated rings. The minimum absolute atomic E-state index is 0.197. The van der Waals surface area contributed by atoms with Crippen LogP contribution >= 0.6 is 0 Å². The molecule has 18 heavy (non-hydrogen) atoms. The maximum atomic E-state index is 11.1. The summed E-state index contributed by atoms with van der Waals surface area (Å²) >= 11 is 0. The van der Waals surface area contributed by atoms with E-state index in [-0.39, 0.29) is 18.2 Å². The summed E-state index contributed by atoms with van der Waals surface area (Å²) in [6.07, 6.45) is 4.33. The highest BCUT2D eigenvalue weighted by Crippen LogP contribution is 2.41. The quantitative estimate of drug-likeness (QED) is 0.593. The molecule has 0 atom stereocenters. The molecule has 0 bridgehead atoms. The van der Waals surface area contributed by atoms with Gasteiger partial charge in [0.1, 0.15) is 12.4 Å². The van der Waals surface area contributed by atoms with E-state index in [1.54, 1.807) is 0 Å². The topological polar surface area (TPSA) is 118 Å². The Hall–Kier alpha value is -2.25. The van der Waals surface area contributed by atoms with Crippen molar-refractivity contribution < 1.29 is 14.8 Å². The fourth-order valence-corrected chi connectivity index (χ4v) is 1.82. The van der Waals surface area contributed by atoms with Gasteiger partial charge in [0, 0.05) is 6.54 Å². The third-order valence-corrected chi connectivity index (χ3v) is 3.20. The lowest BCUT2D eigenvalue weighted by Gasteiger charge is -2.37. The van der Waals surface area contributed by atoms with Crippen LogP contribution in [0.5, 0.6) is 0 Å². The highest BCUT2D eigenvalue weighted by molar-refractivity contribution is 5.76. The number of nitro groups is 1. The first-order chi connectivity index (χ1) is 8.53. The molecule has 1 heterocycles. The molecule has 8 heteroatoms. The van der Waals surface area contributed by atoms with Gasteiger partial charge in [0.15, 0.2) is 0 Å². The van der Waals surface area contributed by atoms with Crippen molar-refractivity contribution in [1.29, 1.82) is 0 Å². The third-order valence-electron chi connectivity index (χ3n) is 3.20. The van der Waals surface area contributed by atoms with Crippen molar-refractivity contribution in [2.45, 2.75) is 19.3 Å². The zero-order chi connectivity index (χ0) is 13.2. The molecule has 1 aliphatic rings. The summed E-state index contributed by atoms with van der Waals surface area (Å²) in [7, 11) is 0. The van der Waals surface area contributed by atoms with Crippen molar-refractivity contribution in [2.24, 2.45) is 5.41 Å². The summed E-state index contributed by atoms with van der Waals surface area (Å²) in [5.41, 5.74) is -0.942. The molecule has 0 spiro atoms. The fraction of sp³-hybridized carbons (Fsp3) is 0.500. The lowest BCUT2D eigenvalue weighted by molar-refractivity contribution is -0.385. The smallest absolute Gasteiger partial charge is 0.311 e. The highest BCUT2D eigenvalue weighted by atomic mass is 16.6. The first kappa shape index (κ1) is 12.2. The number of nitrogens with one attached hydrogen (secondary N) is 1. The Balaban J connectivity index is 1.98. The van der Waals surface area contributed by atoms with Crippen LogP contribution in [-0.4, -0.2) is 32.5 Å². The molecule has 0 aliphatic heterocycles. The molecular weight excluding hydrogens is 240 g/mol. The second kappa shape index (κ2) is 4.55. The Morgan fingerprint density at radius 3 is 2.50 bits per heavy atom. The summed E-state index contributed by atoms with van der Waals surface area (Å²) in [4.78, 5) is 28.4. The number of aromatic nitrogens is 2. The number of anilines is 1. The summed E-state index contributed by atoms with van der Waals surface area (Å²) in [5.74, 6) is -0.628. The van der Waals surface area contributed by atoms with Crippen molar-refractivity contribution in [3.8, 4) is 0 Å². The van der Waals surface area contributed by atoms with Gasteiger partial charge in [-0.1, -0.05) is 6.42 Å². The number of carbonyl (C=O) groups is 1. The van der Waals surface area contributed by atoms with Crippen molar-refractivity contribution >= 4 is 17.6 Å². The van der Waals surface area contributed by atoms with Gasteiger partial charge >= 0.3 is 11.7 Å². The Morgan fingerprint density at radius 2 is 2.11 bits per heavy atom. The Kier molecular flexibility index (Phi) is 3.09. The van der Waals surface area contributed by atoms with Crippen LogP contribution < -0.4 is 5.32 Å². The molecule has 0 saturated heterocycles. The van der Waals surface area contributed by atoms with Gasteiger partial charge in [-0.3, -0.25) is 14.9 Å². The van der Waals surface area contributed by atoms with E-state index in [4.69, 9.17) is 5.11 Å². The van der Waals surface area contributed by atoms with Gasteiger partial charge in [0.25, 0.3) is 0 Å². The second-order valence-electron chi connectivity index (χ2n) is 4.31. The Morgan fingerprint density at radius 1 is 1.50 bits per heavy atom. The van der Waals surface area contributed by atoms with Crippen LogP contribution in [0.4, 0.5) is 11.6 Å². The van der Waals surface area contributed by atoms with Gasteiger partial charge in [-0.25, -0.2) is 9.97 Å². The first-order valence-corrected chi connectivity index (χ1v) is 5.47. The fourth-order valence-electron chi connectivity index (χ4n) is 1.82. The molecular formula is C10H12N4O4. The number of aliphatic carboxylic acids is 1. The number of hydrogen-bond acceptors (Lipinski definition) is 6. The number of hydrogen-bond donors (Lipinski definition) is 2. The standard InChI is InChI=1S/C10H12N4O4/c15-8(16)10(2-1-3-10)6-13-9-11-4-7(5-12-9)14(17)18/h4-5H,1-3,6H2,(H,15,16)(H,11,12,13). The molecule has 1 aliphatic carbocycles. The molecule has 1 saturated carbocycles. The van der Waals surface area contributed by atoms with Crippen molar-refractivity contribution in [3.05, 3.63) is 22.5 Å². The van der Waals surface area contributed by atoms with Crippen molar-refractivity contribution in [3.63, 3.8) is 0 Å². The van der Waals surface area contributed by atoms with Gasteiger partial charge in [-0.05, 0) is 12.8 Å². The van der Waals surface area contributed by atoms with E-state index >= 15 is 0 Å². The van der Waals surface area contributed by atoms with Gasteiger partial charge < -0.3 is 10.4 Å². The molecule has 1 aromatic rings. The van der Waals surface area contributed by atoms with Crippen LogP contribution in [0, 0.1) is 15.5 Å². The predicted octanol–water partition coefficient (Wildman–Crippen LogP) is 1.05. The van der Waals surface area contributed by atoms with Crippen LogP contribution in [0.1, 0.15) is 19.3 Å². The second-order valence-corrected chi connectivity index (χ2v) is 4.31. The van der Waals surface area contributed by atoms with Crippen molar-refractivity contribution in [1.82, 2.24) is 9.97 Å². The normalized spacial score (nSPS) is 16.7. The van der Waals surface area contributed by atoms with Crippen molar-refractivity contribution in [2.75, 3.05) is 11.9 Å². The van der Waals surface area contributed by atoms with Crippen LogP contribution in [0.15, 0.2) is 12.4 Å². The van der Waals surface area contributed by atoms with E-state index in [9.17, 15) is 14.9 Å². The summed E-state index contributed by atoms with van der Waals surface area (Å²) in [6.45, 7) is 0.236. The maximum absolute atomic E-state index is 11.1. The summed E-state index contributed by atoms with van der Waals surface area (Å²) < 4.78 is 0. The van der Waals surface area contributed by atoms with Gasteiger partial charge in [-0.2, -0.15) is 0 Å². The van der Waals surface area contributed by atoms with Gasteiger partial charge in [0.2, 0.25) is 5.95 Å². The highest BCUT2D eigenvalue weighted by Gasteiger charge is 2.44. The van der Waals surface area contributed by atoms with Crippen LogP contribution in [0.25, 0.3) is 0 Å². The molecule has 1 aromatic heterocycles. The van der Waals surface area contributed by atoms with Gasteiger partial charge in [0.05, 0.1) is 10.3 Å². The van der Waals surface area contributed by atoms with Crippen LogP contribution in [0.2, 0.25) is 0 Å². The maximum Gasteiger partial charge on any atom is 0.311 e. The summed E-state index contributed by atoms with van der Waals surface area (Å²) in [5, 5.41) is 22.3. The van der Waals surface area contributed by atoms with E-state index in [2.05, 4.69) is 15.3 Å². The molecule has 96 valence electrons. The molecule has 2 rings (SSSR count). The lowest BCUT2D eigenvalue weighted by Crippen LogP contribution is -2.43. The average Bonchev–Trinajstić information content (AvgIpc) is 2.27. The molecule has 0 aromatic carbocycles. The van der Waals surface area contributed by atoms with E-state index in [1.165, 1.54) is 0 Å². The minimum atomic E-state index is -0.830. The number of carboxylic acid groups (broad SMARTS) is 1. The van der Waals surface area contributed by atoms with Crippen LogP contribution in [0.3, 0.4) is 0 Å². The lowest BCUT2D eigenvalue weighted by atomic mass is 9.69. The van der Waals surface area contributed by atoms with E-state index in [0.29, 0.717) is 12.8 Å². The zero-order valence-corrected chi connectivity index (χ0v) is 9.50. The summed E-state index contributed by atoms with van der Waals surface area (Å²) in [6, 6.07) is 0. The van der Waals surface area contributed by atoms with Gasteiger partial charge in [-0.15, -0.1) is 0 Å². The first-order valence-electron chi connectivity index (χ1n) is 5.47. The largest absolute Gasteiger partial charge is 0.481 e. The van der Waals surface area contributed by atoms with E-state index in [0.717, 1.165) is 18.8 Å². The Bertz CT molecular complexity index is 469. The molecule has 0 amide bonds. The van der Waals surface area contributed by atoms with E-state index < -0.39 is 16.3 Å². The van der Waals surface area contributed by atoms with E-state index in [1.807, 2.05) is 0 Å². The molecule has 8 nitrogen and oxygen atoms in total. The number of carboxylic acids is 1. The predicted molar refractivity (Wildman–Crippen MR) is 61.1 cm³/mol. The number of rotatable bonds is 5. The molecule has 0 radical (unpaired) electrons.